The lowest BCUT2D eigenvalue weighted by Gasteiger charge is -2.17. The molecule has 1 aromatic heterocycles. The van der Waals surface area contributed by atoms with Crippen molar-refractivity contribution in [3.8, 4) is 11.3 Å². The van der Waals surface area contributed by atoms with Crippen molar-refractivity contribution in [2.24, 2.45) is 0 Å². The minimum atomic E-state index is -0.817. The molecule has 1 saturated heterocycles. The molecule has 2 N–H and O–H groups in total. The van der Waals surface area contributed by atoms with Crippen LogP contribution in [0.15, 0.2) is 35.2 Å². The molecule has 3 heterocycles. The molecule has 0 atom stereocenters. The van der Waals surface area contributed by atoms with E-state index in [1.54, 1.807) is 15.9 Å². The van der Waals surface area contributed by atoms with E-state index in [2.05, 4.69) is 0 Å². The lowest BCUT2D eigenvalue weighted by atomic mass is 9.99. The lowest BCUT2D eigenvalue weighted by molar-refractivity contribution is -0.137. The molecular formula is C26H27N3O5S2. The highest BCUT2D eigenvalue weighted by Crippen LogP contribution is 2.36. The Morgan fingerprint density at radius 2 is 2.03 bits per heavy atom. The van der Waals surface area contributed by atoms with Crippen molar-refractivity contribution in [3.63, 3.8) is 0 Å². The summed E-state index contributed by atoms with van der Waals surface area (Å²) in [6, 6.07) is 9.37. The van der Waals surface area contributed by atoms with E-state index in [4.69, 9.17) is 22.3 Å². The number of nitrogens with zero attached hydrogens (tertiary/aromatic N) is 3. The Bertz CT molecular complexity index is 1260. The number of carboxylic acids is 1. The number of fused-ring (bicyclic) bond motifs is 1. The first-order chi connectivity index (χ1) is 17.3. The molecule has 4 rings (SSSR count). The molecule has 2 amide bonds. The third-order valence-electron chi connectivity index (χ3n) is 6.22. The van der Waals surface area contributed by atoms with Crippen LogP contribution >= 0.6 is 24.0 Å². The van der Waals surface area contributed by atoms with Gasteiger partial charge in [-0.1, -0.05) is 36.5 Å². The number of anilines is 1. The first kappa shape index (κ1) is 26.0. The number of carbonyl (C=O) groups excluding carboxylic acids is 2. The summed E-state index contributed by atoms with van der Waals surface area (Å²) in [4.78, 5) is 44.0. The molecule has 1 aromatic carbocycles. The van der Waals surface area contributed by atoms with Gasteiger partial charge >= 0.3 is 5.97 Å². The fourth-order valence-electron chi connectivity index (χ4n) is 4.41. The fraction of sp³-hybridized carbons (Fsp3) is 0.346. The first-order valence-electron chi connectivity index (χ1n) is 11.8. The highest BCUT2D eigenvalue weighted by Gasteiger charge is 2.31. The number of amides is 2. The maximum absolute atomic E-state index is 12.9. The minimum Gasteiger partial charge on any atom is -0.481 e. The van der Waals surface area contributed by atoms with E-state index in [1.807, 2.05) is 30.3 Å². The van der Waals surface area contributed by atoms with Crippen LogP contribution in [0.5, 0.6) is 0 Å². The summed E-state index contributed by atoms with van der Waals surface area (Å²) in [5.41, 5.74) is 4.62. The Balaban J connectivity index is 1.52. The minimum absolute atomic E-state index is 0.0249. The third-order valence-corrected chi connectivity index (χ3v) is 7.60. The molecule has 36 heavy (non-hydrogen) atoms. The zero-order valence-corrected chi connectivity index (χ0v) is 21.5. The summed E-state index contributed by atoms with van der Waals surface area (Å²) in [7, 11) is 0. The van der Waals surface area contributed by atoms with Crippen molar-refractivity contribution in [3.05, 3.63) is 52.1 Å². The fourth-order valence-corrected chi connectivity index (χ4v) is 5.70. The van der Waals surface area contributed by atoms with Crippen LogP contribution in [0, 0.1) is 0 Å². The van der Waals surface area contributed by atoms with Crippen LogP contribution in [0.2, 0.25) is 0 Å². The largest absolute Gasteiger partial charge is 0.481 e. The standard InChI is InChI=1S/C26H27N3O5S2/c1-16(31)28-11-9-17-12-20(18(15-30)13-22(17)28)21-7-5-6-19(27-21)14-23-25(34)29(26(35)36-23)10-4-2-3-8-24(32)33/h5-7,12-14,30H,2-4,8-11,15H2,1H3,(H,32,33). The zero-order valence-electron chi connectivity index (χ0n) is 19.9. The number of aromatic nitrogens is 1. The highest BCUT2D eigenvalue weighted by molar-refractivity contribution is 8.26. The number of thiocarbonyl (C=S) groups is 1. The summed E-state index contributed by atoms with van der Waals surface area (Å²) >= 11 is 6.63. The molecule has 0 saturated carbocycles. The number of carbonyl (C=O) groups is 3. The Labute approximate surface area is 219 Å². The number of hydrogen-bond acceptors (Lipinski definition) is 7. The van der Waals surface area contributed by atoms with Crippen molar-refractivity contribution in [1.29, 1.82) is 0 Å². The Kier molecular flexibility index (Phi) is 8.17. The van der Waals surface area contributed by atoms with Crippen molar-refractivity contribution < 1.29 is 24.6 Å². The molecular weight excluding hydrogens is 498 g/mol. The smallest absolute Gasteiger partial charge is 0.303 e. The van der Waals surface area contributed by atoms with E-state index in [9.17, 15) is 19.5 Å². The quantitative estimate of drug-likeness (QED) is 0.287. The van der Waals surface area contributed by atoms with Crippen LogP contribution in [-0.4, -0.2) is 55.3 Å². The van der Waals surface area contributed by atoms with Gasteiger partial charge in [-0.15, -0.1) is 0 Å². The molecule has 0 radical (unpaired) electrons. The average molecular weight is 526 g/mol. The molecule has 2 aliphatic heterocycles. The normalized spacial score (nSPS) is 16.2. The molecule has 8 nitrogen and oxygen atoms in total. The summed E-state index contributed by atoms with van der Waals surface area (Å²) in [6.07, 6.45) is 4.55. The first-order valence-corrected chi connectivity index (χ1v) is 13.0. The Morgan fingerprint density at radius 3 is 2.75 bits per heavy atom. The van der Waals surface area contributed by atoms with Crippen LogP contribution < -0.4 is 4.90 Å². The van der Waals surface area contributed by atoms with Crippen LogP contribution in [0.4, 0.5) is 5.69 Å². The van der Waals surface area contributed by atoms with Crippen molar-refractivity contribution in [2.75, 3.05) is 18.0 Å². The van der Waals surface area contributed by atoms with E-state index < -0.39 is 5.97 Å². The number of benzene rings is 1. The second-order valence-corrected chi connectivity index (χ2v) is 10.4. The zero-order chi connectivity index (χ0) is 25.8. The monoisotopic (exact) mass is 525 g/mol. The van der Waals surface area contributed by atoms with Crippen molar-refractivity contribution in [2.45, 2.75) is 45.6 Å². The average Bonchev–Trinajstić information content (AvgIpc) is 3.38. The van der Waals surface area contributed by atoms with Gasteiger partial charge in [0.15, 0.2) is 0 Å². The van der Waals surface area contributed by atoms with Gasteiger partial charge in [-0.25, -0.2) is 4.98 Å². The van der Waals surface area contributed by atoms with Gasteiger partial charge in [-0.3, -0.25) is 19.3 Å². The van der Waals surface area contributed by atoms with Gasteiger partial charge < -0.3 is 15.1 Å². The second kappa shape index (κ2) is 11.3. The molecule has 0 spiro atoms. The predicted molar refractivity (Wildman–Crippen MR) is 143 cm³/mol. The number of rotatable bonds is 9. The van der Waals surface area contributed by atoms with E-state index in [1.165, 1.54) is 18.7 Å². The number of thioether (sulfide) groups is 1. The van der Waals surface area contributed by atoms with Crippen LogP contribution in [-0.2, 0) is 27.4 Å². The number of carboxylic acid groups (broad SMARTS) is 1. The lowest BCUT2D eigenvalue weighted by Crippen LogP contribution is -2.29. The van der Waals surface area contributed by atoms with Gasteiger partial charge in [0.2, 0.25) is 5.91 Å². The van der Waals surface area contributed by atoms with Gasteiger partial charge in [0, 0.05) is 37.7 Å². The van der Waals surface area contributed by atoms with E-state index >= 15 is 0 Å². The third kappa shape index (κ3) is 5.66. The topological polar surface area (TPSA) is 111 Å². The molecule has 0 unspecified atom stereocenters. The van der Waals surface area contributed by atoms with Gasteiger partial charge in [0.25, 0.3) is 5.91 Å². The number of aliphatic hydroxyl groups excluding tert-OH is 1. The van der Waals surface area contributed by atoms with Gasteiger partial charge in [0.1, 0.15) is 4.32 Å². The van der Waals surface area contributed by atoms with Crippen LogP contribution in [0.3, 0.4) is 0 Å². The summed E-state index contributed by atoms with van der Waals surface area (Å²) in [6.45, 7) is 2.43. The molecule has 0 aliphatic carbocycles. The van der Waals surface area contributed by atoms with E-state index in [-0.39, 0.29) is 24.8 Å². The maximum atomic E-state index is 12.9. The molecule has 2 aliphatic rings. The van der Waals surface area contributed by atoms with Gasteiger partial charge in [-0.2, -0.15) is 0 Å². The van der Waals surface area contributed by atoms with Crippen molar-refractivity contribution in [1.82, 2.24) is 9.88 Å². The van der Waals surface area contributed by atoms with E-state index in [0.29, 0.717) is 58.5 Å². The van der Waals surface area contributed by atoms with E-state index in [0.717, 1.165) is 23.2 Å². The number of pyridine rings is 1. The molecule has 1 fully saturated rings. The van der Waals surface area contributed by atoms with Gasteiger partial charge in [0.05, 0.1) is 22.9 Å². The number of aliphatic carboxylic acids is 1. The molecule has 188 valence electrons. The Morgan fingerprint density at radius 1 is 1.22 bits per heavy atom. The molecule has 10 heteroatoms. The predicted octanol–water partition coefficient (Wildman–Crippen LogP) is 4.00. The summed E-state index contributed by atoms with van der Waals surface area (Å²) in [5, 5.41) is 18.8. The Hall–Kier alpha value is -3.08. The van der Waals surface area contributed by atoms with Crippen LogP contribution in [0.25, 0.3) is 17.3 Å². The molecule has 0 bridgehead atoms. The van der Waals surface area contributed by atoms with Crippen LogP contribution in [0.1, 0.15) is 49.4 Å². The van der Waals surface area contributed by atoms with Gasteiger partial charge in [-0.05, 0) is 60.7 Å². The second-order valence-electron chi connectivity index (χ2n) is 8.70. The highest BCUT2D eigenvalue weighted by atomic mass is 32.2. The summed E-state index contributed by atoms with van der Waals surface area (Å²) < 4.78 is 0.483. The molecule has 2 aromatic rings. The maximum Gasteiger partial charge on any atom is 0.303 e. The summed E-state index contributed by atoms with van der Waals surface area (Å²) in [5.74, 6) is -1.02. The SMILES string of the molecule is CC(=O)N1CCc2cc(-c3cccc(C=C4SC(=S)N(CCCCCC(=O)O)C4=O)n3)c(CO)cc21. The van der Waals surface area contributed by atoms with Crippen molar-refractivity contribution >= 4 is 57.8 Å². The number of aliphatic hydroxyl groups is 1. The number of unbranched alkanes of at least 4 members (excludes halogenated alkanes) is 2. The number of hydrogen-bond donors (Lipinski definition) is 2.